The van der Waals surface area contributed by atoms with Gasteiger partial charge >= 0.3 is 12.7 Å². The highest BCUT2D eigenvalue weighted by Crippen LogP contribution is 2.19. The Morgan fingerprint density at radius 2 is 1.56 bits per heavy atom. The maximum absolute atomic E-state index is 12.6. The van der Waals surface area contributed by atoms with Gasteiger partial charge in [-0.2, -0.15) is 8.78 Å². The van der Waals surface area contributed by atoms with Crippen LogP contribution in [0.25, 0.3) is 0 Å². The second-order valence-corrected chi connectivity index (χ2v) is 7.55. The van der Waals surface area contributed by atoms with Gasteiger partial charge in [-0.1, -0.05) is 26.0 Å². The molecule has 1 rings (SSSR count). The number of carbonyl (C=O) groups is 2. The molecule has 0 saturated carbocycles. The number of carbonyl (C=O) groups excluding carboxylic acids is 2. The van der Waals surface area contributed by atoms with Crippen molar-refractivity contribution in [3.05, 3.63) is 29.8 Å². The molecule has 0 heterocycles. The normalized spacial score (nSPS) is 13.9. The molecule has 0 aliphatic heterocycles. The molecule has 1 aromatic rings. The van der Waals surface area contributed by atoms with Crippen LogP contribution in [-0.2, 0) is 9.53 Å². The van der Waals surface area contributed by atoms with E-state index in [1.165, 1.54) is 12.1 Å². The molecule has 6 nitrogen and oxygen atoms in total. The van der Waals surface area contributed by atoms with Gasteiger partial charge in [-0.25, -0.2) is 4.79 Å². The Kier molecular flexibility index (Phi) is 7.99. The van der Waals surface area contributed by atoms with Crippen LogP contribution < -0.4 is 15.4 Å². The van der Waals surface area contributed by atoms with E-state index >= 15 is 0 Å². The van der Waals surface area contributed by atoms with Gasteiger partial charge in [0.2, 0.25) is 5.91 Å². The summed E-state index contributed by atoms with van der Waals surface area (Å²) < 4.78 is 33.9. The number of amides is 2. The largest absolute Gasteiger partial charge is 0.444 e. The van der Waals surface area contributed by atoms with E-state index in [2.05, 4.69) is 15.4 Å². The van der Waals surface area contributed by atoms with E-state index < -0.39 is 24.3 Å². The zero-order chi connectivity index (χ0) is 20.8. The van der Waals surface area contributed by atoms with Crippen molar-refractivity contribution in [3.8, 4) is 5.75 Å². The molecule has 0 aromatic heterocycles. The zero-order valence-electron chi connectivity index (χ0n) is 16.5. The van der Waals surface area contributed by atoms with Crippen molar-refractivity contribution in [1.29, 1.82) is 0 Å². The zero-order valence-corrected chi connectivity index (χ0v) is 16.5. The van der Waals surface area contributed by atoms with Crippen molar-refractivity contribution < 1.29 is 27.8 Å². The highest BCUT2D eigenvalue weighted by atomic mass is 19.3. The number of alkyl halides is 2. The monoisotopic (exact) mass is 386 g/mol. The standard InChI is InChI=1S/C19H28F2N2O4/c1-11(2)15(23-18(25)27-19(4,5)6)16(24)22-12(3)13-7-9-14(10-8-13)26-17(20)21/h7-12,15,17H,1-6H3,(H,22,24)(H,23,25)/t12-,15+/m1/s1. The van der Waals surface area contributed by atoms with Crippen LogP contribution in [0.15, 0.2) is 24.3 Å². The molecule has 0 fully saturated rings. The molecule has 0 spiro atoms. The topological polar surface area (TPSA) is 76.7 Å². The first kappa shape index (κ1) is 22.7. The van der Waals surface area contributed by atoms with Gasteiger partial charge in [0.25, 0.3) is 0 Å². The fourth-order valence-electron chi connectivity index (χ4n) is 2.29. The van der Waals surface area contributed by atoms with Crippen LogP contribution in [0.2, 0.25) is 0 Å². The van der Waals surface area contributed by atoms with Crippen LogP contribution in [-0.4, -0.2) is 30.3 Å². The maximum Gasteiger partial charge on any atom is 0.408 e. The first-order valence-electron chi connectivity index (χ1n) is 8.73. The van der Waals surface area contributed by atoms with Crippen molar-refractivity contribution in [2.24, 2.45) is 5.92 Å². The third-order valence-corrected chi connectivity index (χ3v) is 3.59. The number of halogens is 2. The minimum absolute atomic E-state index is 0.0407. The molecule has 0 saturated heterocycles. The van der Waals surface area contributed by atoms with Gasteiger partial charge in [0.1, 0.15) is 17.4 Å². The van der Waals surface area contributed by atoms with Crippen LogP contribution in [0.1, 0.15) is 53.1 Å². The Labute approximate surface area is 158 Å². The predicted octanol–water partition coefficient (Wildman–Crippen LogP) is 4.01. The van der Waals surface area contributed by atoms with E-state index in [0.717, 1.165) is 0 Å². The Morgan fingerprint density at radius 3 is 2.00 bits per heavy atom. The fourth-order valence-corrected chi connectivity index (χ4v) is 2.29. The predicted molar refractivity (Wildman–Crippen MR) is 97.6 cm³/mol. The number of alkyl carbamates (subject to hydrolysis) is 1. The second kappa shape index (κ2) is 9.53. The number of benzene rings is 1. The van der Waals surface area contributed by atoms with Gasteiger partial charge in [0.15, 0.2) is 0 Å². The van der Waals surface area contributed by atoms with Crippen molar-refractivity contribution in [2.45, 2.75) is 65.8 Å². The molecular weight excluding hydrogens is 358 g/mol. The lowest BCUT2D eigenvalue weighted by atomic mass is 10.0. The molecule has 8 heteroatoms. The molecule has 0 radical (unpaired) electrons. The summed E-state index contributed by atoms with van der Waals surface area (Å²) in [6.07, 6.45) is -0.669. The van der Waals surface area contributed by atoms with Crippen LogP contribution in [0, 0.1) is 5.92 Å². The molecule has 2 atom stereocenters. The summed E-state index contributed by atoms with van der Waals surface area (Å²) in [6, 6.07) is 4.83. The third kappa shape index (κ3) is 8.23. The molecule has 152 valence electrons. The Morgan fingerprint density at radius 1 is 1.00 bits per heavy atom. The average Bonchev–Trinajstić information content (AvgIpc) is 2.50. The fraction of sp³-hybridized carbons (Fsp3) is 0.579. The van der Waals surface area contributed by atoms with Gasteiger partial charge in [0, 0.05) is 0 Å². The van der Waals surface area contributed by atoms with E-state index in [9.17, 15) is 18.4 Å². The smallest absolute Gasteiger partial charge is 0.408 e. The second-order valence-electron chi connectivity index (χ2n) is 7.55. The number of rotatable bonds is 7. The Bertz CT molecular complexity index is 628. The summed E-state index contributed by atoms with van der Waals surface area (Å²) >= 11 is 0. The van der Waals surface area contributed by atoms with Gasteiger partial charge in [-0.15, -0.1) is 0 Å². The molecule has 0 bridgehead atoms. The SMILES string of the molecule is CC(C)[C@H](NC(=O)OC(C)(C)C)C(=O)N[C@H](C)c1ccc(OC(F)F)cc1. The molecular formula is C19H28F2N2O4. The number of hydrogen-bond donors (Lipinski definition) is 2. The van der Waals surface area contributed by atoms with Gasteiger partial charge in [0.05, 0.1) is 6.04 Å². The first-order chi connectivity index (χ1) is 12.4. The van der Waals surface area contributed by atoms with Crippen molar-refractivity contribution in [1.82, 2.24) is 10.6 Å². The van der Waals surface area contributed by atoms with E-state index in [0.29, 0.717) is 5.56 Å². The first-order valence-corrected chi connectivity index (χ1v) is 8.73. The minimum Gasteiger partial charge on any atom is -0.444 e. The van der Waals surface area contributed by atoms with Crippen LogP contribution >= 0.6 is 0 Å². The molecule has 2 amide bonds. The highest BCUT2D eigenvalue weighted by Gasteiger charge is 2.27. The minimum atomic E-state index is -2.89. The molecule has 0 aliphatic rings. The average molecular weight is 386 g/mol. The van der Waals surface area contributed by atoms with Crippen molar-refractivity contribution in [2.75, 3.05) is 0 Å². The molecule has 1 aromatic carbocycles. The molecule has 0 unspecified atom stereocenters. The van der Waals surface area contributed by atoms with Gasteiger partial charge < -0.3 is 20.1 Å². The lowest BCUT2D eigenvalue weighted by Gasteiger charge is -2.26. The summed E-state index contributed by atoms with van der Waals surface area (Å²) in [5, 5.41) is 5.39. The quantitative estimate of drug-likeness (QED) is 0.742. The van der Waals surface area contributed by atoms with Crippen molar-refractivity contribution in [3.63, 3.8) is 0 Å². The number of hydrogen-bond acceptors (Lipinski definition) is 4. The molecule has 0 aliphatic carbocycles. The maximum atomic E-state index is 12.6. The van der Waals surface area contributed by atoms with Gasteiger partial charge in [-0.05, 0) is 51.3 Å². The highest BCUT2D eigenvalue weighted by molar-refractivity contribution is 5.86. The lowest BCUT2D eigenvalue weighted by Crippen LogP contribution is -2.51. The summed E-state index contributed by atoms with van der Waals surface area (Å²) in [4.78, 5) is 24.5. The number of ether oxygens (including phenoxy) is 2. The van der Waals surface area contributed by atoms with Crippen molar-refractivity contribution >= 4 is 12.0 Å². The van der Waals surface area contributed by atoms with E-state index in [4.69, 9.17) is 4.74 Å². The van der Waals surface area contributed by atoms with E-state index in [1.54, 1.807) is 39.8 Å². The summed E-state index contributed by atoms with van der Waals surface area (Å²) in [6.45, 7) is 7.69. The van der Waals surface area contributed by atoms with Crippen LogP contribution in [0.5, 0.6) is 5.75 Å². The molecule has 27 heavy (non-hydrogen) atoms. The summed E-state index contributed by atoms with van der Waals surface area (Å²) in [5.41, 5.74) is 0.0435. The number of nitrogens with one attached hydrogen (secondary N) is 2. The molecule has 2 N–H and O–H groups in total. The van der Waals surface area contributed by atoms with E-state index in [-0.39, 0.29) is 23.6 Å². The summed E-state index contributed by atoms with van der Waals surface area (Å²) in [5.74, 6) is -0.485. The Balaban J connectivity index is 2.73. The van der Waals surface area contributed by atoms with Gasteiger partial charge in [-0.3, -0.25) is 4.79 Å². The lowest BCUT2D eigenvalue weighted by molar-refractivity contribution is -0.124. The van der Waals surface area contributed by atoms with Crippen LogP contribution in [0.4, 0.5) is 13.6 Å². The van der Waals surface area contributed by atoms with E-state index in [1.807, 2.05) is 13.8 Å². The Hall–Kier alpha value is -2.38. The summed E-state index contributed by atoms with van der Waals surface area (Å²) in [7, 11) is 0. The van der Waals surface area contributed by atoms with Crippen LogP contribution in [0.3, 0.4) is 0 Å². The third-order valence-electron chi connectivity index (χ3n) is 3.59.